The Morgan fingerprint density at radius 1 is 0.905 bits per heavy atom. The van der Waals surface area contributed by atoms with E-state index in [1.165, 1.54) is 82.7 Å². The summed E-state index contributed by atoms with van der Waals surface area (Å²) in [5.74, 6) is 0. The first-order valence-electron chi connectivity index (χ1n) is 9.48. The van der Waals surface area contributed by atoms with Crippen LogP contribution in [0.1, 0.15) is 77.6 Å². The van der Waals surface area contributed by atoms with Crippen LogP contribution in [-0.4, -0.2) is 24.2 Å². The highest BCUT2D eigenvalue weighted by Gasteiger charge is 2.33. The maximum atomic E-state index is 6.41. The molecule has 0 aromatic heterocycles. The van der Waals surface area contributed by atoms with Gasteiger partial charge in [0.15, 0.2) is 9.04 Å². The number of hydrogen-bond acceptors (Lipinski definition) is 2. The third-order valence-corrected chi connectivity index (χ3v) is 11.5. The van der Waals surface area contributed by atoms with Gasteiger partial charge in [-0.3, -0.25) is 0 Å². The topological polar surface area (TPSA) is 18.5 Å². The molecule has 1 aliphatic rings. The largest absolute Gasteiger partial charge is 0.439 e. The van der Waals surface area contributed by atoms with Crippen molar-refractivity contribution in [2.45, 2.75) is 103 Å². The van der Waals surface area contributed by atoms with Gasteiger partial charge in [0, 0.05) is 6.61 Å². The van der Waals surface area contributed by atoms with Gasteiger partial charge in [0.05, 0.1) is 0 Å². The molecule has 1 saturated heterocycles. The van der Waals surface area contributed by atoms with Gasteiger partial charge in [0.25, 0.3) is 0 Å². The van der Waals surface area contributed by atoms with Gasteiger partial charge >= 0.3 is 8.56 Å². The van der Waals surface area contributed by atoms with Gasteiger partial charge in [-0.2, -0.15) is 0 Å². The first-order chi connectivity index (χ1) is 10.2. The van der Waals surface area contributed by atoms with E-state index >= 15 is 0 Å². The Kier molecular flexibility index (Phi) is 11.0. The van der Waals surface area contributed by atoms with Crippen LogP contribution in [0.5, 0.6) is 0 Å². The third-order valence-electron chi connectivity index (χ3n) is 4.60. The molecule has 1 heterocycles. The van der Waals surface area contributed by atoms with Gasteiger partial charge in [-0.1, -0.05) is 71.1 Å². The van der Waals surface area contributed by atoms with E-state index in [2.05, 4.69) is 20.0 Å². The molecule has 2 nitrogen and oxygen atoms in total. The lowest BCUT2D eigenvalue weighted by Gasteiger charge is -2.32. The number of hydrogen-bond donors (Lipinski definition) is 0. The molecule has 0 bridgehead atoms. The van der Waals surface area contributed by atoms with Crippen molar-refractivity contribution >= 4 is 17.6 Å². The monoisotopic (exact) mass is 330 g/mol. The molecule has 0 saturated carbocycles. The van der Waals surface area contributed by atoms with Crippen molar-refractivity contribution in [2.24, 2.45) is 0 Å². The second-order valence-corrected chi connectivity index (χ2v) is 13.2. The zero-order valence-electron chi connectivity index (χ0n) is 14.8. The lowest BCUT2D eigenvalue weighted by atomic mass is 10.1. The fourth-order valence-corrected chi connectivity index (χ4v) is 10.3. The van der Waals surface area contributed by atoms with E-state index in [1.807, 2.05) is 0 Å². The van der Waals surface area contributed by atoms with E-state index in [0.29, 0.717) is 0 Å². The Balaban J connectivity index is 2.04. The van der Waals surface area contributed by atoms with E-state index in [4.69, 9.17) is 8.54 Å². The molecule has 126 valence electrons. The predicted octanol–water partition coefficient (Wildman–Crippen LogP) is 5.77. The van der Waals surface area contributed by atoms with Crippen LogP contribution in [0, 0.1) is 0 Å². The van der Waals surface area contributed by atoms with Crippen molar-refractivity contribution in [1.29, 1.82) is 0 Å². The molecule has 0 spiro atoms. The lowest BCUT2D eigenvalue weighted by molar-refractivity contribution is 0.228. The minimum absolute atomic E-state index is 0.938. The maximum Gasteiger partial charge on any atom is 0.324 e. The molecule has 0 amide bonds. The highest BCUT2D eigenvalue weighted by molar-refractivity contribution is 6.74. The molecule has 4 heteroatoms. The second-order valence-electron chi connectivity index (χ2n) is 6.98. The zero-order valence-corrected chi connectivity index (χ0v) is 16.9. The van der Waals surface area contributed by atoms with Crippen LogP contribution in [0.4, 0.5) is 0 Å². The Bertz CT molecular complexity index is 251. The van der Waals surface area contributed by atoms with Gasteiger partial charge in [-0.15, -0.1) is 0 Å². The van der Waals surface area contributed by atoms with E-state index in [9.17, 15) is 0 Å². The summed E-state index contributed by atoms with van der Waals surface area (Å²) < 4.78 is 12.6. The SMILES string of the molecule is CCCCCCCCCCC[Si]1(C)OCCCC[SiH](C)O1. The average molecular weight is 331 g/mol. The number of unbranched alkanes of at least 4 members (excludes halogenated alkanes) is 8. The summed E-state index contributed by atoms with van der Waals surface area (Å²) >= 11 is 0. The molecule has 21 heavy (non-hydrogen) atoms. The van der Waals surface area contributed by atoms with Crippen molar-refractivity contribution in [1.82, 2.24) is 0 Å². The standard InChI is InChI=1S/C17H38O2Si2/c1-4-5-6-7-8-9-10-11-14-17-21(3)18-15-12-13-16-20(2)19-21/h20H,4-17H2,1-3H3. The van der Waals surface area contributed by atoms with Crippen LogP contribution in [0.3, 0.4) is 0 Å². The molecule has 2 atom stereocenters. The van der Waals surface area contributed by atoms with Crippen molar-refractivity contribution in [3.05, 3.63) is 0 Å². The van der Waals surface area contributed by atoms with Crippen molar-refractivity contribution in [2.75, 3.05) is 6.61 Å². The minimum atomic E-state index is -1.81. The normalized spacial score (nSPS) is 27.3. The predicted molar refractivity (Wildman–Crippen MR) is 97.7 cm³/mol. The van der Waals surface area contributed by atoms with E-state index in [1.54, 1.807) is 0 Å². The van der Waals surface area contributed by atoms with Crippen LogP contribution in [-0.2, 0) is 8.54 Å². The third kappa shape index (κ3) is 9.87. The summed E-state index contributed by atoms with van der Waals surface area (Å²) in [6, 6.07) is 2.57. The van der Waals surface area contributed by atoms with Gasteiger partial charge in [0.1, 0.15) is 0 Å². The fraction of sp³-hybridized carbons (Fsp3) is 1.00. The summed E-state index contributed by atoms with van der Waals surface area (Å²) in [5, 5.41) is 0. The lowest BCUT2D eigenvalue weighted by Crippen LogP contribution is -2.44. The molecule has 2 unspecified atom stereocenters. The first kappa shape index (κ1) is 19.4. The number of rotatable bonds is 10. The van der Waals surface area contributed by atoms with Gasteiger partial charge in [0.2, 0.25) is 0 Å². The van der Waals surface area contributed by atoms with E-state index < -0.39 is 17.6 Å². The highest BCUT2D eigenvalue weighted by atomic mass is 28.4. The first-order valence-corrected chi connectivity index (χ1v) is 14.4. The van der Waals surface area contributed by atoms with Crippen molar-refractivity contribution < 1.29 is 8.54 Å². The molecule has 0 aromatic rings. The van der Waals surface area contributed by atoms with Gasteiger partial charge < -0.3 is 8.54 Å². The van der Waals surface area contributed by atoms with Gasteiger partial charge in [-0.25, -0.2) is 0 Å². The molecule has 1 aliphatic heterocycles. The summed E-state index contributed by atoms with van der Waals surface area (Å²) in [6.45, 7) is 7.90. The minimum Gasteiger partial charge on any atom is -0.439 e. The molecule has 1 fully saturated rings. The van der Waals surface area contributed by atoms with E-state index in [-0.39, 0.29) is 0 Å². The van der Waals surface area contributed by atoms with Crippen LogP contribution in [0.15, 0.2) is 0 Å². The van der Waals surface area contributed by atoms with Crippen molar-refractivity contribution in [3.63, 3.8) is 0 Å². The molecule has 0 N–H and O–H groups in total. The van der Waals surface area contributed by atoms with Crippen molar-refractivity contribution in [3.8, 4) is 0 Å². The molecular formula is C17H38O2Si2. The smallest absolute Gasteiger partial charge is 0.324 e. The highest BCUT2D eigenvalue weighted by Crippen LogP contribution is 2.23. The van der Waals surface area contributed by atoms with Crippen LogP contribution in [0.2, 0.25) is 25.2 Å². The van der Waals surface area contributed by atoms with Gasteiger partial charge in [-0.05, 0) is 31.6 Å². The Morgan fingerprint density at radius 3 is 2.19 bits per heavy atom. The quantitative estimate of drug-likeness (QED) is 0.374. The summed E-state index contributed by atoms with van der Waals surface area (Å²) in [5.41, 5.74) is 0. The molecule has 0 radical (unpaired) electrons. The Morgan fingerprint density at radius 2 is 1.52 bits per heavy atom. The Hall–Kier alpha value is 0.354. The maximum absolute atomic E-state index is 6.41. The fourth-order valence-electron chi connectivity index (χ4n) is 3.23. The van der Waals surface area contributed by atoms with E-state index in [0.717, 1.165) is 6.61 Å². The molecular weight excluding hydrogens is 292 g/mol. The van der Waals surface area contributed by atoms with Crippen LogP contribution in [0.25, 0.3) is 0 Å². The van der Waals surface area contributed by atoms with Crippen LogP contribution >= 0.6 is 0 Å². The van der Waals surface area contributed by atoms with Crippen LogP contribution < -0.4 is 0 Å². The summed E-state index contributed by atoms with van der Waals surface area (Å²) in [4.78, 5) is 0. The average Bonchev–Trinajstić information content (AvgIpc) is 2.43. The summed E-state index contributed by atoms with van der Waals surface area (Å²) in [7, 11) is -2.74. The molecule has 0 aromatic carbocycles. The summed E-state index contributed by atoms with van der Waals surface area (Å²) in [6.07, 6.45) is 15.2. The Labute approximate surface area is 136 Å². The molecule has 0 aliphatic carbocycles. The second kappa shape index (κ2) is 11.9. The molecule has 1 rings (SSSR count). The zero-order chi connectivity index (χ0) is 15.4.